The summed E-state index contributed by atoms with van der Waals surface area (Å²) < 4.78 is 64.2. The van der Waals surface area contributed by atoms with Gasteiger partial charge in [-0.15, -0.1) is 5.10 Å². The SMILES string of the molecule is Cn1nnnc1SCC1=C(C(=O)O)N2C(=O)[C@@H]3[C@H]2[C@H](C1)CN3S(=O)(=O)C(F)(F)F.[NaH]. The summed E-state index contributed by atoms with van der Waals surface area (Å²) in [5.74, 6) is -2.92. The molecule has 11 nitrogen and oxygen atoms in total. The molecule has 0 aliphatic carbocycles. The van der Waals surface area contributed by atoms with Crippen LogP contribution in [0, 0.1) is 5.92 Å². The Kier molecular flexibility index (Phi) is 6.05. The fourth-order valence-corrected chi connectivity index (χ4v) is 6.04. The number of thioether (sulfide) groups is 1. The Labute approximate surface area is 194 Å². The Morgan fingerprint density at radius 3 is 2.57 bits per heavy atom. The van der Waals surface area contributed by atoms with E-state index >= 15 is 0 Å². The maximum atomic E-state index is 13.0. The summed E-state index contributed by atoms with van der Waals surface area (Å²) in [6.45, 7) is -0.508. The van der Waals surface area contributed by atoms with Gasteiger partial charge in [-0.3, -0.25) is 9.69 Å². The number of sulfonamides is 1. The first-order valence-corrected chi connectivity index (χ1v) is 10.6. The summed E-state index contributed by atoms with van der Waals surface area (Å²) in [5, 5.41) is 20.8. The number of carbonyl (C=O) groups excluding carboxylic acids is 1. The molecule has 4 heterocycles. The van der Waals surface area contributed by atoms with Gasteiger partial charge >= 0.3 is 51.1 Å². The van der Waals surface area contributed by atoms with Crippen LogP contribution in [-0.4, -0.2) is 114 Å². The average Bonchev–Trinajstić information content (AvgIpc) is 3.19. The van der Waals surface area contributed by atoms with Gasteiger partial charge in [0.25, 0.3) is 0 Å². The van der Waals surface area contributed by atoms with Gasteiger partial charge in [0.1, 0.15) is 11.7 Å². The van der Waals surface area contributed by atoms with Crippen LogP contribution in [0.4, 0.5) is 13.2 Å². The van der Waals surface area contributed by atoms with Gasteiger partial charge in [0.2, 0.25) is 11.1 Å². The molecule has 1 amide bonds. The van der Waals surface area contributed by atoms with E-state index in [1.807, 2.05) is 0 Å². The summed E-state index contributed by atoms with van der Waals surface area (Å²) >= 11 is 1.10. The molecule has 3 atom stereocenters. The molecule has 0 bridgehead atoms. The Balaban J connectivity index is 0.00000256. The molecular formula is C13H14F3N6NaO5S2. The van der Waals surface area contributed by atoms with Crippen LogP contribution >= 0.6 is 11.8 Å². The van der Waals surface area contributed by atoms with Crippen molar-refractivity contribution < 1.29 is 36.3 Å². The van der Waals surface area contributed by atoms with E-state index in [0.29, 0.717) is 10.7 Å². The first-order chi connectivity index (χ1) is 13.4. The molecule has 1 aromatic heterocycles. The standard InChI is InChI=1S/C13H13F3N6O5S2.Na.H/c1-20-12(17-18-19-20)28-4-6-2-5-3-21(29(26,27)13(14,15)16)9-7(5)22(10(9)23)8(6)11(24)25;;/h5,7,9H,2-4H2,1H3,(H,24,25);;/t5-,7-,9+;;/m1../s1. The number of alkyl halides is 3. The second kappa shape index (κ2) is 7.74. The number of halogens is 3. The fourth-order valence-electron chi connectivity index (χ4n) is 3.99. The number of tetrazole rings is 1. The molecule has 1 aromatic rings. The van der Waals surface area contributed by atoms with Crippen LogP contribution in [0.25, 0.3) is 0 Å². The van der Waals surface area contributed by atoms with Gasteiger partial charge in [-0.05, 0) is 28.3 Å². The topological polar surface area (TPSA) is 139 Å². The van der Waals surface area contributed by atoms with Crippen molar-refractivity contribution >= 4 is 63.2 Å². The van der Waals surface area contributed by atoms with E-state index in [1.165, 1.54) is 4.68 Å². The second-order valence-electron chi connectivity index (χ2n) is 6.76. The normalized spacial score (nSPS) is 26.3. The van der Waals surface area contributed by atoms with Gasteiger partial charge in [0, 0.05) is 19.3 Å². The molecule has 0 aromatic carbocycles. The van der Waals surface area contributed by atoms with E-state index in [0.717, 1.165) is 16.7 Å². The Bertz CT molecular complexity index is 1040. The van der Waals surface area contributed by atoms with Crippen LogP contribution in [0.1, 0.15) is 6.42 Å². The van der Waals surface area contributed by atoms with Gasteiger partial charge < -0.3 is 5.11 Å². The summed E-state index contributed by atoms with van der Waals surface area (Å²) in [5.41, 5.74) is -5.55. The van der Waals surface area contributed by atoms with Crippen LogP contribution in [0.15, 0.2) is 16.4 Å². The third kappa shape index (κ3) is 3.37. The molecule has 0 unspecified atom stereocenters. The number of aryl methyl sites for hydroxylation is 1. The number of β-lactam (4-membered cyclic amide) rings is 1. The molecule has 3 aliphatic heterocycles. The third-order valence-corrected chi connectivity index (χ3v) is 7.84. The average molecular weight is 478 g/mol. The monoisotopic (exact) mass is 478 g/mol. The van der Waals surface area contributed by atoms with Crippen molar-refractivity contribution in [1.82, 2.24) is 29.4 Å². The molecule has 17 heteroatoms. The number of carboxylic acids is 1. The minimum absolute atomic E-state index is 0. The van der Waals surface area contributed by atoms with Crippen LogP contribution < -0.4 is 0 Å². The molecule has 0 saturated carbocycles. The fraction of sp³-hybridized carbons (Fsp3) is 0.615. The predicted octanol–water partition coefficient (Wildman–Crippen LogP) is -1.24. The van der Waals surface area contributed by atoms with Crippen molar-refractivity contribution in [2.45, 2.75) is 29.2 Å². The van der Waals surface area contributed by atoms with Crippen LogP contribution in [-0.2, 0) is 26.7 Å². The summed E-state index contributed by atoms with van der Waals surface area (Å²) in [6.07, 6.45) is 0.0503. The number of hydrogen-bond acceptors (Lipinski definition) is 8. The molecule has 4 rings (SSSR count). The number of carbonyl (C=O) groups is 2. The number of nitrogens with zero attached hydrogens (tertiary/aromatic N) is 6. The van der Waals surface area contributed by atoms with Gasteiger partial charge in [-0.1, -0.05) is 11.8 Å². The molecule has 0 radical (unpaired) electrons. The number of hydrogen-bond donors (Lipinski definition) is 1. The van der Waals surface area contributed by atoms with Gasteiger partial charge in [-0.2, -0.15) is 17.5 Å². The zero-order valence-electron chi connectivity index (χ0n) is 14.6. The van der Waals surface area contributed by atoms with Crippen molar-refractivity contribution in [3.63, 3.8) is 0 Å². The van der Waals surface area contributed by atoms with Gasteiger partial charge in [0.15, 0.2) is 0 Å². The second-order valence-corrected chi connectivity index (χ2v) is 9.58. The Morgan fingerprint density at radius 1 is 1.37 bits per heavy atom. The third-order valence-electron chi connectivity index (χ3n) is 5.16. The number of carboxylic acid groups (broad SMARTS) is 1. The molecule has 3 aliphatic rings. The zero-order chi connectivity index (χ0) is 21.3. The van der Waals surface area contributed by atoms with Crippen molar-refractivity contribution in [3.8, 4) is 0 Å². The number of rotatable bonds is 5. The van der Waals surface area contributed by atoms with E-state index in [9.17, 15) is 36.3 Å². The van der Waals surface area contributed by atoms with E-state index in [-0.39, 0.29) is 51.7 Å². The number of amides is 1. The first kappa shape index (κ1) is 23.5. The summed E-state index contributed by atoms with van der Waals surface area (Å²) in [4.78, 5) is 25.2. The number of aliphatic carboxylic acids is 1. The Hall–Kier alpha value is -1.20. The molecule has 160 valence electrons. The van der Waals surface area contributed by atoms with E-state index in [1.54, 1.807) is 7.05 Å². The minimum atomic E-state index is -5.70. The van der Waals surface area contributed by atoms with Crippen molar-refractivity contribution in [2.75, 3.05) is 12.3 Å². The Morgan fingerprint density at radius 2 is 2.03 bits per heavy atom. The number of aromatic nitrogens is 4. The molecule has 0 spiro atoms. The maximum absolute atomic E-state index is 13.0. The van der Waals surface area contributed by atoms with Crippen LogP contribution in [0.3, 0.4) is 0 Å². The molecule has 2 fully saturated rings. The molecule has 2 saturated heterocycles. The summed E-state index contributed by atoms with van der Waals surface area (Å²) in [7, 11) is -4.13. The van der Waals surface area contributed by atoms with E-state index in [2.05, 4.69) is 15.5 Å². The van der Waals surface area contributed by atoms with Crippen LogP contribution in [0.5, 0.6) is 0 Å². The molecular weight excluding hydrogens is 464 g/mol. The van der Waals surface area contributed by atoms with Crippen molar-refractivity contribution in [1.29, 1.82) is 0 Å². The van der Waals surface area contributed by atoms with Gasteiger partial charge in [0.05, 0.1) is 6.04 Å². The summed E-state index contributed by atoms with van der Waals surface area (Å²) in [6, 6.07) is -2.45. The van der Waals surface area contributed by atoms with Gasteiger partial charge in [-0.25, -0.2) is 17.9 Å². The van der Waals surface area contributed by atoms with Crippen LogP contribution in [0.2, 0.25) is 0 Å². The quantitative estimate of drug-likeness (QED) is 0.313. The molecule has 1 N–H and O–H groups in total. The molecule has 30 heavy (non-hydrogen) atoms. The zero-order valence-corrected chi connectivity index (χ0v) is 16.2. The first-order valence-electron chi connectivity index (χ1n) is 8.16. The predicted molar refractivity (Wildman–Crippen MR) is 95.5 cm³/mol. The van der Waals surface area contributed by atoms with E-state index in [4.69, 9.17) is 0 Å². The van der Waals surface area contributed by atoms with E-state index < -0.39 is 52.0 Å². The van der Waals surface area contributed by atoms with Crippen molar-refractivity contribution in [2.24, 2.45) is 13.0 Å². The van der Waals surface area contributed by atoms with Crippen molar-refractivity contribution in [3.05, 3.63) is 11.3 Å².